The number of nitrogens with one attached hydrogen (secondary N) is 1. The molecule has 0 bridgehead atoms. The molecule has 2 aromatic rings. The van der Waals surface area contributed by atoms with Crippen LogP contribution in [0, 0.1) is 0 Å². The van der Waals surface area contributed by atoms with E-state index in [9.17, 15) is 0 Å². The lowest BCUT2D eigenvalue weighted by molar-refractivity contribution is 0.198. The lowest BCUT2D eigenvalue weighted by Gasteiger charge is -2.21. The van der Waals surface area contributed by atoms with Gasteiger partial charge in [0.1, 0.15) is 0 Å². The Morgan fingerprint density at radius 3 is 3.05 bits per heavy atom. The molecule has 1 unspecified atom stereocenters. The molecule has 6 nitrogen and oxygen atoms in total. The molecule has 7 heteroatoms. The fourth-order valence-corrected chi connectivity index (χ4v) is 2.70. The van der Waals surface area contributed by atoms with E-state index in [4.69, 9.17) is 9.15 Å². The predicted octanol–water partition coefficient (Wildman–Crippen LogP) is 1.93. The summed E-state index contributed by atoms with van der Waals surface area (Å²) in [5.74, 6) is 0.594. The van der Waals surface area contributed by atoms with Crippen molar-refractivity contribution in [2.45, 2.75) is 25.9 Å². The zero-order valence-electron chi connectivity index (χ0n) is 12.7. The fraction of sp³-hybridized carbons (Fsp3) is 0.571. The van der Waals surface area contributed by atoms with Crippen LogP contribution in [0.4, 0.5) is 6.01 Å². The molecule has 1 atom stereocenters. The van der Waals surface area contributed by atoms with Crippen LogP contribution in [0.2, 0.25) is 0 Å². The third kappa shape index (κ3) is 4.80. The van der Waals surface area contributed by atoms with Gasteiger partial charge in [-0.3, -0.25) is 0 Å². The van der Waals surface area contributed by atoms with Crippen molar-refractivity contribution in [2.75, 3.05) is 32.2 Å². The molecule has 0 spiro atoms. The van der Waals surface area contributed by atoms with Gasteiger partial charge in [-0.1, -0.05) is 11.2 Å². The van der Waals surface area contributed by atoms with E-state index in [0.29, 0.717) is 31.1 Å². The monoisotopic (exact) mass is 310 g/mol. The topological polar surface area (TPSA) is 63.4 Å². The Bertz CT molecular complexity index is 515. The zero-order valence-corrected chi connectivity index (χ0v) is 13.5. The molecule has 0 radical (unpaired) electrons. The van der Waals surface area contributed by atoms with E-state index >= 15 is 0 Å². The smallest absolute Gasteiger partial charge is 0.318 e. The van der Waals surface area contributed by atoms with Gasteiger partial charge in [-0.15, -0.1) is 16.4 Å². The van der Waals surface area contributed by atoms with E-state index in [1.807, 2.05) is 11.9 Å². The van der Waals surface area contributed by atoms with Gasteiger partial charge < -0.3 is 19.4 Å². The standard InChI is InChI=1S/C14H22N4O2S/c1-11(9-12-5-4-8-21-12)18(2)14-17-16-13(20-14)10-15-6-7-19-3/h4-5,8,11,15H,6-7,9-10H2,1-3H3. The normalized spacial score (nSPS) is 12.5. The van der Waals surface area contributed by atoms with E-state index in [1.54, 1.807) is 18.4 Å². The number of hydrogen-bond donors (Lipinski definition) is 1. The largest absolute Gasteiger partial charge is 0.407 e. The minimum atomic E-state index is 0.304. The number of aromatic nitrogens is 2. The van der Waals surface area contributed by atoms with Gasteiger partial charge in [-0.25, -0.2) is 0 Å². The summed E-state index contributed by atoms with van der Waals surface area (Å²) < 4.78 is 10.6. The summed E-state index contributed by atoms with van der Waals surface area (Å²) in [6, 6.07) is 5.08. The predicted molar refractivity (Wildman–Crippen MR) is 83.8 cm³/mol. The number of hydrogen-bond acceptors (Lipinski definition) is 7. The van der Waals surface area contributed by atoms with Crippen LogP contribution >= 0.6 is 11.3 Å². The Labute approximate surface area is 129 Å². The van der Waals surface area contributed by atoms with Crippen LogP contribution in [0.25, 0.3) is 0 Å². The van der Waals surface area contributed by atoms with Gasteiger partial charge in [0, 0.05) is 38.0 Å². The van der Waals surface area contributed by atoms with E-state index < -0.39 is 0 Å². The highest BCUT2D eigenvalue weighted by molar-refractivity contribution is 7.09. The van der Waals surface area contributed by atoms with Crippen LogP contribution in [-0.4, -0.2) is 43.5 Å². The maximum absolute atomic E-state index is 5.67. The van der Waals surface area contributed by atoms with Gasteiger partial charge in [0.2, 0.25) is 5.89 Å². The maximum Gasteiger partial charge on any atom is 0.318 e. The second-order valence-corrected chi connectivity index (χ2v) is 5.92. The first-order valence-corrected chi connectivity index (χ1v) is 7.86. The number of thiophene rings is 1. The van der Waals surface area contributed by atoms with Gasteiger partial charge in [-0.05, 0) is 18.4 Å². The number of nitrogens with zero attached hydrogens (tertiary/aromatic N) is 3. The fourth-order valence-electron chi connectivity index (χ4n) is 1.87. The molecule has 1 N–H and O–H groups in total. The summed E-state index contributed by atoms with van der Waals surface area (Å²) in [4.78, 5) is 3.38. The van der Waals surface area contributed by atoms with Crippen LogP contribution in [-0.2, 0) is 17.7 Å². The van der Waals surface area contributed by atoms with Gasteiger partial charge in [0.05, 0.1) is 13.2 Å². The minimum Gasteiger partial charge on any atom is -0.407 e. The molecule has 0 aliphatic carbocycles. The summed E-state index contributed by atoms with van der Waals surface area (Å²) in [6.07, 6.45) is 0.970. The SMILES string of the molecule is COCCNCc1nnc(N(C)C(C)Cc2cccs2)o1. The molecule has 2 heterocycles. The van der Waals surface area contributed by atoms with Crippen molar-refractivity contribution in [3.05, 3.63) is 28.3 Å². The first-order valence-electron chi connectivity index (χ1n) is 6.98. The average molecular weight is 310 g/mol. The molecule has 0 saturated carbocycles. The molecule has 21 heavy (non-hydrogen) atoms. The van der Waals surface area contributed by atoms with Crippen LogP contribution < -0.4 is 10.2 Å². The summed E-state index contributed by atoms with van der Waals surface area (Å²) in [7, 11) is 3.66. The highest BCUT2D eigenvalue weighted by Crippen LogP contribution is 2.18. The maximum atomic E-state index is 5.67. The first kappa shape index (κ1) is 15.9. The number of ether oxygens (including phenoxy) is 1. The highest BCUT2D eigenvalue weighted by atomic mass is 32.1. The molecule has 0 fully saturated rings. The third-order valence-electron chi connectivity index (χ3n) is 3.25. The Kier molecular flexibility index (Phi) is 6.16. The lowest BCUT2D eigenvalue weighted by Crippen LogP contribution is -2.30. The minimum absolute atomic E-state index is 0.304. The summed E-state index contributed by atoms with van der Waals surface area (Å²) in [5.41, 5.74) is 0. The molecule has 0 aromatic carbocycles. The van der Waals surface area contributed by atoms with Crippen molar-refractivity contribution in [3.63, 3.8) is 0 Å². The van der Waals surface area contributed by atoms with E-state index in [0.717, 1.165) is 13.0 Å². The molecule has 0 aliphatic rings. The van der Waals surface area contributed by atoms with Crippen LogP contribution in [0.3, 0.4) is 0 Å². The number of rotatable bonds is 9. The Morgan fingerprint density at radius 1 is 1.48 bits per heavy atom. The molecule has 0 saturated heterocycles. The summed E-state index contributed by atoms with van der Waals surface area (Å²) in [6.45, 7) is 4.14. The van der Waals surface area contributed by atoms with Crippen molar-refractivity contribution in [1.29, 1.82) is 0 Å². The summed E-state index contributed by atoms with van der Waals surface area (Å²) >= 11 is 1.77. The highest BCUT2D eigenvalue weighted by Gasteiger charge is 2.17. The Morgan fingerprint density at radius 2 is 2.33 bits per heavy atom. The molecule has 0 aliphatic heterocycles. The second-order valence-electron chi connectivity index (χ2n) is 4.89. The zero-order chi connectivity index (χ0) is 15.1. The molecule has 2 rings (SSSR count). The van der Waals surface area contributed by atoms with Crippen molar-refractivity contribution in [3.8, 4) is 0 Å². The molecule has 116 valence electrons. The van der Waals surface area contributed by atoms with Crippen LogP contribution in [0.15, 0.2) is 21.9 Å². The van der Waals surface area contributed by atoms with Gasteiger partial charge in [0.15, 0.2) is 0 Å². The van der Waals surface area contributed by atoms with E-state index in [2.05, 4.69) is 40.0 Å². The van der Waals surface area contributed by atoms with Crippen molar-refractivity contribution < 1.29 is 9.15 Å². The van der Waals surface area contributed by atoms with E-state index in [-0.39, 0.29) is 0 Å². The first-order chi connectivity index (χ1) is 10.2. The third-order valence-corrected chi connectivity index (χ3v) is 4.15. The number of methoxy groups -OCH3 is 1. The van der Waals surface area contributed by atoms with Gasteiger partial charge in [-0.2, -0.15) is 0 Å². The lowest BCUT2D eigenvalue weighted by atomic mass is 10.2. The number of likely N-dealkylation sites (N-methyl/N-ethyl adjacent to an activating group) is 1. The van der Waals surface area contributed by atoms with E-state index in [1.165, 1.54) is 4.88 Å². The second kappa shape index (κ2) is 8.11. The molecule has 0 amide bonds. The van der Waals surface area contributed by atoms with Crippen molar-refractivity contribution >= 4 is 17.4 Å². The quantitative estimate of drug-likeness (QED) is 0.714. The van der Waals surface area contributed by atoms with Gasteiger partial charge >= 0.3 is 6.01 Å². The molecule has 2 aromatic heterocycles. The van der Waals surface area contributed by atoms with Crippen LogP contribution in [0.1, 0.15) is 17.7 Å². The number of anilines is 1. The van der Waals surface area contributed by atoms with Crippen molar-refractivity contribution in [1.82, 2.24) is 15.5 Å². The Balaban J connectivity index is 1.84. The van der Waals surface area contributed by atoms with Crippen molar-refractivity contribution in [2.24, 2.45) is 0 Å². The molecular weight excluding hydrogens is 288 g/mol. The average Bonchev–Trinajstić information content (AvgIpc) is 3.14. The Hall–Kier alpha value is -1.44. The summed E-state index contributed by atoms with van der Waals surface area (Å²) in [5, 5.41) is 13.4. The molecular formula is C14H22N4O2S. The van der Waals surface area contributed by atoms with Crippen LogP contribution in [0.5, 0.6) is 0 Å². The van der Waals surface area contributed by atoms with Gasteiger partial charge in [0.25, 0.3) is 0 Å².